The maximum Gasteiger partial charge on any atom is 0.405 e. The number of rotatable bonds is 5. The average molecular weight is 466 g/mol. The molecule has 8 heteroatoms. The van der Waals surface area contributed by atoms with Crippen molar-refractivity contribution in [2.45, 2.75) is 24.8 Å². The van der Waals surface area contributed by atoms with Crippen molar-refractivity contribution in [3.8, 4) is 33.8 Å². The second kappa shape index (κ2) is 8.09. The minimum Gasteiger partial charge on any atom is -0.465 e. The lowest BCUT2D eigenvalue weighted by Gasteiger charge is -2.42. The molecule has 2 aromatic carbocycles. The standard InChI is InChI=1S/C27H23N5O3/c1-32-21(12-15-29-32)20-16-28-25-23(30-20)22(17-6-3-2-4-7-17)24(35-25)18-8-10-19(11-9-18)27(13-5-14-27)31-26(33)34/h2-4,6-12,15-16,31H,5,13-14H2,1H3,(H,33,34). The molecule has 1 aliphatic carbocycles. The van der Waals surface area contributed by atoms with Crippen molar-refractivity contribution in [3.05, 3.63) is 78.6 Å². The summed E-state index contributed by atoms with van der Waals surface area (Å²) in [6.07, 6.45) is 5.02. The molecule has 3 heterocycles. The number of amides is 1. The number of hydrogen-bond donors (Lipinski definition) is 2. The Balaban J connectivity index is 1.49. The van der Waals surface area contributed by atoms with E-state index in [0.717, 1.165) is 47.2 Å². The molecule has 0 spiro atoms. The van der Waals surface area contributed by atoms with Crippen LogP contribution >= 0.6 is 0 Å². The fourth-order valence-corrected chi connectivity index (χ4v) is 4.86. The summed E-state index contributed by atoms with van der Waals surface area (Å²) in [7, 11) is 1.87. The van der Waals surface area contributed by atoms with E-state index in [-0.39, 0.29) is 0 Å². The van der Waals surface area contributed by atoms with Gasteiger partial charge in [0.15, 0.2) is 0 Å². The lowest BCUT2D eigenvalue weighted by molar-refractivity contribution is 0.144. The van der Waals surface area contributed by atoms with Gasteiger partial charge < -0.3 is 14.8 Å². The van der Waals surface area contributed by atoms with Crippen LogP contribution in [-0.2, 0) is 12.6 Å². The summed E-state index contributed by atoms with van der Waals surface area (Å²) in [6.45, 7) is 0. The Labute approximate surface area is 201 Å². The van der Waals surface area contributed by atoms with Crippen LogP contribution in [0.2, 0.25) is 0 Å². The Morgan fingerprint density at radius 3 is 2.46 bits per heavy atom. The van der Waals surface area contributed by atoms with Gasteiger partial charge >= 0.3 is 6.09 Å². The molecule has 0 atom stereocenters. The SMILES string of the molecule is Cn1nccc1-c1cnc2oc(-c3ccc(C4(NC(=O)O)CCC4)cc3)c(-c3ccccc3)c2n1. The molecule has 2 N–H and O–H groups in total. The first-order valence-electron chi connectivity index (χ1n) is 11.5. The number of nitrogens with zero attached hydrogens (tertiary/aromatic N) is 4. The van der Waals surface area contributed by atoms with Gasteiger partial charge in [-0.2, -0.15) is 5.10 Å². The highest BCUT2D eigenvalue weighted by Crippen LogP contribution is 2.43. The van der Waals surface area contributed by atoms with Crippen molar-refractivity contribution in [2.75, 3.05) is 0 Å². The Morgan fingerprint density at radius 1 is 1.06 bits per heavy atom. The van der Waals surface area contributed by atoms with Gasteiger partial charge in [-0.1, -0.05) is 54.6 Å². The van der Waals surface area contributed by atoms with E-state index < -0.39 is 11.6 Å². The first-order chi connectivity index (χ1) is 17.0. The molecule has 0 aliphatic heterocycles. The zero-order chi connectivity index (χ0) is 24.0. The maximum atomic E-state index is 11.4. The molecule has 1 aliphatic rings. The van der Waals surface area contributed by atoms with E-state index in [9.17, 15) is 9.90 Å². The van der Waals surface area contributed by atoms with Crippen LogP contribution in [0.3, 0.4) is 0 Å². The highest BCUT2D eigenvalue weighted by Gasteiger charge is 2.40. The van der Waals surface area contributed by atoms with Crippen LogP contribution in [0, 0.1) is 0 Å². The van der Waals surface area contributed by atoms with Gasteiger partial charge in [0.25, 0.3) is 0 Å². The second-order valence-corrected chi connectivity index (χ2v) is 8.86. The van der Waals surface area contributed by atoms with Crippen molar-refractivity contribution in [3.63, 3.8) is 0 Å². The molecule has 35 heavy (non-hydrogen) atoms. The van der Waals surface area contributed by atoms with Crippen LogP contribution in [0.5, 0.6) is 0 Å². The molecule has 5 aromatic rings. The smallest absolute Gasteiger partial charge is 0.405 e. The van der Waals surface area contributed by atoms with Crippen LogP contribution in [0.4, 0.5) is 4.79 Å². The van der Waals surface area contributed by atoms with Gasteiger partial charge in [-0.3, -0.25) is 4.68 Å². The van der Waals surface area contributed by atoms with Gasteiger partial charge in [0, 0.05) is 18.8 Å². The van der Waals surface area contributed by atoms with Crippen molar-refractivity contribution in [2.24, 2.45) is 7.05 Å². The van der Waals surface area contributed by atoms with Crippen LogP contribution in [0.1, 0.15) is 24.8 Å². The Kier molecular flexibility index (Phi) is 4.88. The first kappa shape index (κ1) is 21.1. The molecule has 1 saturated carbocycles. The number of fused-ring (bicyclic) bond motifs is 1. The number of aryl methyl sites for hydroxylation is 1. The van der Waals surface area contributed by atoms with Crippen LogP contribution in [0.25, 0.3) is 45.1 Å². The molecule has 174 valence electrons. The van der Waals surface area contributed by atoms with Gasteiger partial charge in [-0.05, 0) is 36.5 Å². The van der Waals surface area contributed by atoms with Crippen LogP contribution in [0.15, 0.2) is 77.5 Å². The van der Waals surface area contributed by atoms with Crippen molar-refractivity contribution in [1.82, 2.24) is 25.1 Å². The molecule has 8 nitrogen and oxygen atoms in total. The van der Waals surface area contributed by atoms with Gasteiger partial charge in [0.2, 0.25) is 5.71 Å². The van der Waals surface area contributed by atoms with E-state index >= 15 is 0 Å². The number of benzene rings is 2. The number of nitrogens with one attached hydrogen (secondary N) is 1. The summed E-state index contributed by atoms with van der Waals surface area (Å²) < 4.78 is 8.03. The third-order valence-corrected chi connectivity index (χ3v) is 6.80. The molecule has 0 saturated heterocycles. The number of furan rings is 1. The average Bonchev–Trinajstić information content (AvgIpc) is 3.45. The van der Waals surface area contributed by atoms with E-state index in [4.69, 9.17) is 9.40 Å². The molecule has 6 rings (SSSR count). The fraction of sp³-hybridized carbons (Fsp3) is 0.185. The third-order valence-electron chi connectivity index (χ3n) is 6.80. The van der Waals surface area contributed by atoms with Crippen molar-refractivity contribution < 1.29 is 14.3 Å². The zero-order valence-corrected chi connectivity index (χ0v) is 19.1. The molecule has 0 radical (unpaired) electrons. The largest absolute Gasteiger partial charge is 0.465 e. The summed E-state index contributed by atoms with van der Waals surface area (Å²) >= 11 is 0. The third kappa shape index (κ3) is 3.54. The summed E-state index contributed by atoms with van der Waals surface area (Å²) in [5, 5.41) is 16.3. The quantitative estimate of drug-likeness (QED) is 0.350. The van der Waals surface area contributed by atoms with E-state index in [0.29, 0.717) is 22.7 Å². The van der Waals surface area contributed by atoms with E-state index in [1.807, 2.05) is 67.7 Å². The normalized spacial score (nSPS) is 14.5. The van der Waals surface area contributed by atoms with E-state index in [1.165, 1.54) is 0 Å². The minimum atomic E-state index is -1.00. The van der Waals surface area contributed by atoms with Crippen molar-refractivity contribution in [1.29, 1.82) is 0 Å². The van der Waals surface area contributed by atoms with Gasteiger partial charge in [0.1, 0.15) is 17.0 Å². The minimum absolute atomic E-state index is 0.455. The molecule has 3 aromatic heterocycles. The van der Waals surface area contributed by atoms with Gasteiger partial charge in [-0.15, -0.1) is 0 Å². The molecular formula is C27H23N5O3. The van der Waals surface area contributed by atoms with E-state index in [1.54, 1.807) is 17.1 Å². The molecular weight excluding hydrogens is 442 g/mol. The second-order valence-electron chi connectivity index (χ2n) is 8.86. The lowest BCUT2D eigenvalue weighted by Crippen LogP contribution is -2.50. The Morgan fingerprint density at radius 2 is 1.83 bits per heavy atom. The van der Waals surface area contributed by atoms with Crippen LogP contribution < -0.4 is 5.32 Å². The number of carbonyl (C=O) groups is 1. The van der Waals surface area contributed by atoms with E-state index in [2.05, 4.69) is 15.4 Å². The summed E-state index contributed by atoms with van der Waals surface area (Å²) in [4.78, 5) is 20.9. The molecule has 0 bridgehead atoms. The maximum absolute atomic E-state index is 11.4. The fourth-order valence-electron chi connectivity index (χ4n) is 4.86. The molecule has 1 amide bonds. The monoisotopic (exact) mass is 465 g/mol. The van der Waals surface area contributed by atoms with Gasteiger partial charge in [-0.25, -0.2) is 14.8 Å². The predicted octanol–water partition coefficient (Wildman–Crippen LogP) is 5.60. The molecule has 0 unspecified atom stereocenters. The zero-order valence-electron chi connectivity index (χ0n) is 19.1. The first-order valence-corrected chi connectivity index (χ1v) is 11.5. The van der Waals surface area contributed by atoms with Gasteiger partial charge in [0.05, 0.1) is 23.0 Å². The number of aromatic nitrogens is 4. The Hall–Kier alpha value is -4.46. The summed E-state index contributed by atoms with van der Waals surface area (Å²) in [5.41, 5.74) is 5.87. The van der Waals surface area contributed by atoms with Crippen LogP contribution in [-0.4, -0.2) is 30.9 Å². The highest BCUT2D eigenvalue weighted by molar-refractivity contribution is 5.98. The Bertz CT molecular complexity index is 1530. The molecule has 1 fully saturated rings. The number of hydrogen-bond acceptors (Lipinski definition) is 5. The predicted molar refractivity (Wildman–Crippen MR) is 132 cm³/mol. The summed E-state index contributed by atoms with van der Waals surface area (Å²) in [5.74, 6) is 0.675. The number of carboxylic acid groups (broad SMARTS) is 1. The lowest BCUT2D eigenvalue weighted by atomic mass is 9.72. The van der Waals surface area contributed by atoms with Crippen molar-refractivity contribution >= 4 is 17.3 Å². The topological polar surface area (TPSA) is 106 Å². The summed E-state index contributed by atoms with van der Waals surface area (Å²) in [6, 6.07) is 19.8. The highest BCUT2D eigenvalue weighted by atomic mass is 16.4.